The summed E-state index contributed by atoms with van der Waals surface area (Å²) in [5, 5.41) is 14.8. The minimum absolute atomic E-state index is 0.569. The van der Waals surface area contributed by atoms with Crippen LogP contribution in [0, 0.1) is 0 Å². The van der Waals surface area contributed by atoms with Crippen molar-refractivity contribution in [1.82, 2.24) is 24.9 Å². The predicted molar refractivity (Wildman–Crippen MR) is 82.3 cm³/mol. The highest BCUT2D eigenvalue weighted by molar-refractivity contribution is 5.76. The van der Waals surface area contributed by atoms with Crippen molar-refractivity contribution in [2.75, 3.05) is 18.4 Å². The Morgan fingerprint density at radius 2 is 2.41 bits per heavy atom. The first-order chi connectivity index (χ1) is 10.9. The maximum absolute atomic E-state index is 5.32. The van der Waals surface area contributed by atoms with E-state index in [9.17, 15) is 0 Å². The molecule has 0 amide bonds. The average Bonchev–Trinajstić information content (AvgIpc) is 3.25. The molecule has 7 heteroatoms. The molecule has 0 atom stereocenters. The van der Waals surface area contributed by atoms with Crippen LogP contribution in [0.15, 0.2) is 41.4 Å². The average molecular weight is 296 g/mol. The first-order valence-corrected chi connectivity index (χ1v) is 7.27. The van der Waals surface area contributed by atoms with Crippen LogP contribution in [0.4, 0.5) is 5.95 Å². The van der Waals surface area contributed by atoms with Crippen molar-refractivity contribution in [2.45, 2.75) is 13.0 Å². The molecule has 0 fully saturated rings. The number of fused-ring (bicyclic) bond motifs is 1. The molecule has 3 aromatic rings. The van der Waals surface area contributed by atoms with Gasteiger partial charge in [0.1, 0.15) is 12.1 Å². The van der Waals surface area contributed by atoms with Crippen LogP contribution in [-0.2, 0) is 6.54 Å². The zero-order chi connectivity index (χ0) is 14.8. The van der Waals surface area contributed by atoms with Gasteiger partial charge in [-0.1, -0.05) is 6.08 Å². The highest BCUT2D eigenvalue weighted by atomic mass is 16.3. The summed E-state index contributed by atoms with van der Waals surface area (Å²) >= 11 is 0. The van der Waals surface area contributed by atoms with Crippen LogP contribution in [0.5, 0.6) is 0 Å². The van der Waals surface area contributed by atoms with E-state index >= 15 is 0 Å². The van der Waals surface area contributed by atoms with E-state index in [1.165, 1.54) is 5.57 Å². The SMILES string of the molecule is C1=C(c2cnc(NCc3ccco3)n3cnnc23)CCNC1. The predicted octanol–water partition coefficient (Wildman–Crippen LogP) is 1.71. The quantitative estimate of drug-likeness (QED) is 0.763. The molecule has 0 bridgehead atoms. The molecule has 3 aromatic heterocycles. The van der Waals surface area contributed by atoms with Crippen molar-refractivity contribution < 1.29 is 4.42 Å². The van der Waals surface area contributed by atoms with Gasteiger partial charge in [-0.05, 0) is 30.7 Å². The molecule has 0 aromatic carbocycles. The van der Waals surface area contributed by atoms with Gasteiger partial charge >= 0.3 is 0 Å². The summed E-state index contributed by atoms with van der Waals surface area (Å²) in [5.41, 5.74) is 3.13. The van der Waals surface area contributed by atoms with Gasteiger partial charge in [-0.25, -0.2) is 4.98 Å². The number of rotatable bonds is 4. The lowest BCUT2D eigenvalue weighted by Gasteiger charge is -2.15. The third kappa shape index (κ3) is 2.35. The van der Waals surface area contributed by atoms with E-state index in [-0.39, 0.29) is 0 Å². The van der Waals surface area contributed by atoms with Gasteiger partial charge in [-0.2, -0.15) is 0 Å². The van der Waals surface area contributed by atoms with Crippen LogP contribution in [-0.4, -0.2) is 32.7 Å². The molecule has 0 radical (unpaired) electrons. The highest BCUT2D eigenvalue weighted by Crippen LogP contribution is 2.24. The molecule has 112 valence electrons. The topological polar surface area (TPSA) is 80.3 Å². The van der Waals surface area contributed by atoms with Gasteiger partial charge < -0.3 is 15.1 Å². The molecule has 7 nitrogen and oxygen atoms in total. The summed E-state index contributed by atoms with van der Waals surface area (Å²) in [5.74, 6) is 1.56. The minimum atomic E-state index is 0.569. The normalized spacial score (nSPS) is 15.0. The lowest BCUT2D eigenvalue weighted by atomic mass is 10.0. The number of furan rings is 1. The molecule has 1 aliphatic rings. The second-order valence-corrected chi connectivity index (χ2v) is 5.14. The second kappa shape index (κ2) is 5.61. The van der Waals surface area contributed by atoms with Crippen molar-refractivity contribution in [1.29, 1.82) is 0 Å². The maximum atomic E-state index is 5.32. The van der Waals surface area contributed by atoms with E-state index in [0.29, 0.717) is 12.5 Å². The number of aromatic nitrogens is 4. The Hall–Kier alpha value is -2.67. The highest BCUT2D eigenvalue weighted by Gasteiger charge is 2.14. The molecule has 4 rings (SSSR count). The van der Waals surface area contributed by atoms with Crippen molar-refractivity contribution in [3.8, 4) is 0 Å². The molecular formula is C15H16N6O. The summed E-state index contributed by atoms with van der Waals surface area (Å²) in [6, 6.07) is 3.79. The lowest BCUT2D eigenvalue weighted by molar-refractivity contribution is 0.517. The standard InChI is InChI=1S/C15H16N6O/c1-2-12(22-7-1)8-17-15-18-9-13(11-3-5-16-6-4-11)14-20-19-10-21(14)15/h1-3,7,9-10,16H,4-6,8H2,(H,17,18). The Kier molecular flexibility index (Phi) is 3.32. The van der Waals surface area contributed by atoms with Gasteiger partial charge in [0.2, 0.25) is 5.95 Å². The smallest absolute Gasteiger partial charge is 0.210 e. The molecule has 0 unspecified atom stereocenters. The van der Waals surface area contributed by atoms with Crippen molar-refractivity contribution in [3.05, 3.63) is 48.3 Å². The Morgan fingerprint density at radius 3 is 3.23 bits per heavy atom. The van der Waals surface area contributed by atoms with Gasteiger partial charge in [0.05, 0.1) is 12.8 Å². The van der Waals surface area contributed by atoms with E-state index in [0.717, 1.165) is 36.5 Å². The molecule has 0 saturated heterocycles. The molecule has 0 saturated carbocycles. The van der Waals surface area contributed by atoms with E-state index < -0.39 is 0 Å². The first kappa shape index (κ1) is 13.0. The molecule has 1 aliphatic heterocycles. The Morgan fingerprint density at radius 1 is 1.41 bits per heavy atom. The van der Waals surface area contributed by atoms with E-state index in [1.807, 2.05) is 22.7 Å². The Bertz CT molecular complexity index is 805. The summed E-state index contributed by atoms with van der Waals surface area (Å²) in [4.78, 5) is 4.52. The molecule has 0 spiro atoms. The number of anilines is 1. The third-order valence-electron chi connectivity index (χ3n) is 3.74. The zero-order valence-electron chi connectivity index (χ0n) is 12.0. The van der Waals surface area contributed by atoms with Crippen LogP contribution < -0.4 is 10.6 Å². The summed E-state index contributed by atoms with van der Waals surface area (Å²) in [6.45, 7) is 2.43. The fourth-order valence-electron chi connectivity index (χ4n) is 2.62. The number of hydrogen-bond donors (Lipinski definition) is 2. The van der Waals surface area contributed by atoms with E-state index in [1.54, 1.807) is 12.6 Å². The van der Waals surface area contributed by atoms with Gasteiger partial charge in [0.25, 0.3) is 0 Å². The van der Waals surface area contributed by atoms with Crippen LogP contribution >= 0.6 is 0 Å². The third-order valence-corrected chi connectivity index (χ3v) is 3.74. The Balaban J connectivity index is 1.67. The monoisotopic (exact) mass is 296 g/mol. The van der Waals surface area contributed by atoms with Gasteiger partial charge in [0, 0.05) is 18.3 Å². The van der Waals surface area contributed by atoms with Crippen LogP contribution in [0.3, 0.4) is 0 Å². The molecule has 22 heavy (non-hydrogen) atoms. The van der Waals surface area contributed by atoms with Gasteiger partial charge in [0.15, 0.2) is 5.65 Å². The fourth-order valence-corrected chi connectivity index (χ4v) is 2.62. The first-order valence-electron chi connectivity index (χ1n) is 7.27. The number of nitrogens with zero attached hydrogens (tertiary/aromatic N) is 4. The molecular weight excluding hydrogens is 280 g/mol. The van der Waals surface area contributed by atoms with Crippen LogP contribution in [0.25, 0.3) is 11.2 Å². The lowest BCUT2D eigenvalue weighted by Crippen LogP contribution is -2.20. The summed E-state index contributed by atoms with van der Waals surface area (Å²) in [7, 11) is 0. The van der Waals surface area contributed by atoms with Crippen LogP contribution in [0.1, 0.15) is 17.7 Å². The van der Waals surface area contributed by atoms with Crippen molar-refractivity contribution >= 4 is 17.2 Å². The van der Waals surface area contributed by atoms with Crippen LogP contribution in [0.2, 0.25) is 0 Å². The van der Waals surface area contributed by atoms with E-state index in [2.05, 4.69) is 31.9 Å². The largest absolute Gasteiger partial charge is 0.467 e. The molecule has 2 N–H and O–H groups in total. The van der Waals surface area contributed by atoms with Gasteiger partial charge in [-0.15, -0.1) is 10.2 Å². The Labute approximate surface area is 127 Å². The number of nitrogens with one attached hydrogen (secondary N) is 2. The summed E-state index contributed by atoms with van der Waals surface area (Å²) in [6.07, 6.45) is 8.36. The van der Waals surface area contributed by atoms with Crippen molar-refractivity contribution in [2.24, 2.45) is 0 Å². The zero-order valence-corrected chi connectivity index (χ0v) is 12.0. The summed E-state index contributed by atoms with van der Waals surface area (Å²) < 4.78 is 7.20. The van der Waals surface area contributed by atoms with E-state index in [4.69, 9.17) is 4.42 Å². The maximum Gasteiger partial charge on any atom is 0.210 e. The molecule has 4 heterocycles. The minimum Gasteiger partial charge on any atom is -0.467 e. The number of hydrogen-bond acceptors (Lipinski definition) is 6. The molecule has 0 aliphatic carbocycles. The van der Waals surface area contributed by atoms with Gasteiger partial charge in [-0.3, -0.25) is 4.40 Å². The second-order valence-electron chi connectivity index (χ2n) is 5.14. The van der Waals surface area contributed by atoms with Crippen molar-refractivity contribution in [3.63, 3.8) is 0 Å². The fraction of sp³-hybridized carbons (Fsp3) is 0.267.